The molecule has 1 aliphatic heterocycles. The Morgan fingerprint density at radius 1 is 1.29 bits per heavy atom. The number of hydrogen-bond acceptors (Lipinski definition) is 3. The number of amides is 2. The van der Waals surface area contributed by atoms with Crippen molar-refractivity contribution in [1.82, 2.24) is 10.2 Å². The standard InChI is InChI=1S/C19H22N2O2S/c1-3-13(2)20-18(22)17-11-15-12-21(10-9-16(15)24-17)19(23)14-7-5-4-6-8-14/h4-8,11,13H,3,9-10,12H2,1-2H3,(H,20,22). The van der Waals surface area contributed by atoms with E-state index in [2.05, 4.69) is 12.2 Å². The SMILES string of the molecule is CCC(C)NC(=O)c1cc2c(s1)CCN(C(=O)c1ccccc1)C2. The zero-order valence-corrected chi connectivity index (χ0v) is 14.9. The van der Waals surface area contributed by atoms with Crippen LogP contribution in [-0.4, -0.2) is 29.3 Å². The quantitative estimate of drug-likeness (QED) is 0.925. The van der Waals surface area contributed by atoms with Gasteiger partial charge in [0.25, 0.3) is 11.8 Å². The van der Waals surface area contributed by atoms with Crippen LogP contribution in [-0.2, 0) is 13.0 Å². The second-order valence-electron chi connectivity index (χ2n) is 6.18. The number of benzene rings is 1. The highest BCUT2D eigenvalue weighted by molar-refractivity contribution is 7.14. The van der Waals surface area contributed by atoms with Crippen molar-refractivity contribution in [2.24, 2.45) is 0 Å². The van der Waals surface area contributed by atoms with E-state index in [1.807, 2.05) is 48.2 Å². The van der Waals surface area contributed by atoms with Gasteiger partial charge < -0.3 is 10.2 Å². The fourth-order valence-electron chi connectivity index (χ4n) is 2.78. The summed E-state index contributed by atoms with van der Waals surface area (Å²) in [5.74, 6) is 0.0442. The van der Waals surface area contributed by atoms with Gasteiger partial charge in [-0.25, -0.2) is 0 Å². The molecule has 0 saturated carbocycles. The molecular weight excluding hydrogens is 320 g/mol. The summed E-state index contributed by atoms with van der Waals surface area (Å²) in [6, 6.07) is 11.5. The number of carbonyl (C=O) groups is 2. The minimum Gasteiger partial charge on any atom is -0.349 e. The molecule has 24 heavy (non-hydrogen) atoms. The molecule has 2 amide bonds. The van der Waals surface area contributed by atoms with Crippen LogP contribution in [0.1, 0.15) is 50.7 Å². The molecule has 2 heterocycles. The second kappa shape index (κ2) is 7.18. The van der Waals surface area contributed by atoms with Gasteiger partial charge in [-0.2, -0.15) is 0 Å². The van der Waals surface area contributed by atoms with Crippen LogP contribution in [0, 0.1) is 0 Å². The predicted molar refractivity (Wildman–Crippen MR) is 96.4 cm³/mol. The van der Waals surface area contributed by atoms with Gasteiger partial charge in [-0.1, -0.05) is 25.1 Å². The van der Waals surface area contributed by atoms with Crippen LogP contribution in [0.15, 0.2) is 36.4 Å². The maximum atomic E-state index is 12.6. The van der Waals surface area contributed by atoms with Crippen LogP contribution in [0.2, 0.25) is 0 Å². The molecule has 1 atom stereocenters. The maximum Gasteiger partial charge on any atom is 0.261 e. The monoisotopic (exact) mass is 342 g/mol. The van der Waals surface area contributed by atoms with E-state index in [0.29, 0.717) is 18.7 Å². The Labute approximate surface area is 146 Å². The average molecular weight is 342 g/mol. The first-order chi connectivity index (χ1) is 11.6. The number of rotatable bonds is 4. The number of fused-ring (bicyclic) bond motifs is 1. The maximum absolute atomic E-state index is 12.6. The van der Waals surface area contributed by atoms with Crippen LogP contribution >= 0.6 is 11.3 Å². The number of hydrogen-bond donors (Lipinski definition) is 1. The van der Waals surface area contributed by atoms with Crippen molar-refractivity contribution in [1.29, 1.82) is 0 Å². The molecule has 0 spiro atoms. The van der Waals surface area contributed by atoms with Crippen LogP contribution in [0.5, 0.6) is 0 Å². The Kier molecular flexibility index (Phi) is 5.00. The Hall–Kier alpha value is -2.14. The molecule has 4 nitrogen and oxygen atoms in total. The summed E-state index contributed by atoms with van der Waals surface area (Å²) in [6.07, 6.45) is 1.73. The zero-order valence-electron chi connectivity index (χ0n) is 14.0. The van der Waals surface area contributed by atoms with Gasteiger partial charge in [0.05, 0.1) is 4.88 Å². The van der Waals surface area contributed by atoms with E-state index in [-0.39, 0.29) is 17.9 Å². The van der Waals surface area contributed by atoms with Gasteiger partial charge in [0, 0.05) is 29.6 Å². The molecule has 0 radical (unpaired) electrons. The molecule has 5 heteroatoms. The fourth-order valence-corrected chi connectivity index (χ4v) is 3.84. The van der Waals surface area contributed by atoms with Crippen LogP contribution in [0.4, 0.5) is 0 Å². The highest BCUT2D eigenvalue weighted by Gasteiger charge is 2.25. The van der Waals surface area contributed by atoms with Crippen molar-refractivity contribution in [2.45, 2.75) is 39.3 Å². The molecule has 1 unspecified atom stereocenters. The summed E-state index contributed by atoms with van der Waals surface area (Å²) in [5, 5.41) is 3.01. The zero-order chi connectivity index (χ0) is 17.1. The second-order valence-corrected chi connectivity index (χ2v) is 7.32. The van der Waals surface area contributed by atoms with Crippen molar-refractivity contribution < 1.29 is 9.59 Å². The lowest BCUT2D eigenvalue weighted by Gasteiger charge is -2.27. The number of thiophene rings is 1. The van der Waals surface area contributed by atoms with Crippen molar-refractivity contribution in [3.63, 3.8) is 0 Å². The van der Waals surface area contributed by atoms with E-state index in [0.717, 1.165) is 23.3 Å². The Morgan fingerprint density at radius 2 is 2.04 bits per heavy atom. The summed E-state index contributed by atoms with van der Waals surface area (Å²) in [5.41, 5.74) is 1.82. The summed E-state index contributed by atoms with van der Waals surface area (Å²) in [4.78, 5) is 28.7. The molecule has 2 aromatic rings. The molecule has 0 fully saturated rings. The molecule has 3 rings (SSSR count). The number of carbonyl (C=O) groups excluding carboxylic acids is 2. The largest absolute Gasteiger partial charge is 0.349 e. The Balaban J connectivity index is 1.72. The third-order valence-corrected chi connectivity index (χ3v) is 5.62. The fraction of sp³-hybridized carbons (Fsp3) is 0.368. The molecule has 0 saturated heterocycles. The molecule has 1 aromatic carbocycles. The van der Waals surface area contributed by atoms with E-state index in [9.17, 15) is 9.59 Å². The van der Waals surface area contributed by atoms with Gasteiger partial charge in [0.1, 0.15) is 0 Å². The summed E-state index contributed by atoms with van der Waals surface area (Å²) in [6.45, 7) is 5.34. The summed E-state index contributed by atoms with van der Waals surface area (Å²) >= 11 is 1.56. The van der Waals surface area contributed by atoms with Crippen molar-refractivity contribution >= 4 is 23.2 Å². The smallest absolute Gasteiger partial charge is 0.261 e. The Morgan fingerprint density at radius 3 is 2.75 bits per heavy atom. The predicted octanol–water partition coefficient (Wildman–Crippen LogP) is 3.47. The van der Waals surface area contributed by atoms with Gasteiger partial charge in [0.2, 0.25) is 0 Å². The first-order valence-electron chi connectivity index (χ1n) is 8.35. The third-order valence-electron chi connectivity index (χ3n) is 4.39. The first kappa shape index (κ1) is 16.7. The third kappa shape index (κ3) is 3.51. The van der Waals surface area contributed by atoms with E-state index in [4.69, 9.17) is 0 Å². The molecule has 1 aromatic heterocycles. The van der Waals surface area contributed by atoms with Gasteiger partial charge in [-0.15, -0.1) is 11.3 Å². The summed E-state index contributed by atoms with van der Waals surface area (Å²) < 4.78 is 0. The van der Waals surface area contributed by atoms with Gasteiger partial charge in [-0.05, 0) is 43.5 Å². The number of nitrogens with zero attached hydrogens (tertiary/aromatic N) is 1. The highest BCUT2D eigenvalue weighted by atomic mass is 32.1. The van der Waals surface area contributed by atoms with Gasteiger partial charge in [-0.3, -0.25) is 9.59 Å². The molecule has 1 N–H and O–H groups in total. The number of nitrogens with one attached hydrogen (secondary N) is 1. The molecular formula is C19H22N2O2S. The van der Waals surface area contributed by atoms with E-state index in [1.54, 1.807) is 11.3 Å². The lowest BCUT2D eigenvalue weighted by Crippen LogP contribution is -2.35. The van der Waals surface area contributed by atoms with E-state index in [1.165, 1.54) is 4.88 Å². The molecule has 126 valence electrons. The molecule has 0 aliphatic carbocycles. The Bertz CT molecular complexity index is 739. The van der Waals surface area contributed by atoms with E-state index < -0.39 is 0 Å². The molecule has 1 aliphatic rings. The lowest BCUT2D eigenvalue weighted by atomic mass is 10.1. The minimum atomic E-state index is -0.00955. The van der Waals surface area contributed by atoms with Crippen molar-refractivity contribution in [3.8, 4) is 0 Å². The summed E-state index contributed by atoms with van der Waals surface area (Å²) in [7, 11) is 0. The average Bonchev–Trinajstić information content (AvgIpc) is 3.05. The van der Waals surface area contributed by atoms with Crippen molar-refractivity contribution in [2.75, 3.05) is 6.54 Å². The normalized spacial score (nSPS) is 14.8. The van der Waals surface area contributed by atoms with Crippen LogP contribution in [0.25, 0.3) is 0 Å². The van der Waals surface area contributed by atoms with Crippen molar-refractivity contribution in [3.05, 3.63) is 57.3 Å². The molecule has 0 bridgehead atoms. The topological polar surface area (TPSA) is 49.4 Å². The van der Waals surface area contributed by atoms with E-state index >= 15 is 0 Å². The minimum absolute atomic E-state index is 0.00955. The van der Waals surface area contributed by atoms with Gasteiger partial charge >= 0.3 is 0 Å². The highest BCUT2D eigenvalue weighted by Crippen LogP contribution is 2.29. The lowest BCUT2D eigenvalue weighted by molar-refractivity contribution is 0.0736. The van der Waals surface area contributed by atoms with Crippen LogP contribution < -0.4 is 5.32 Å². The first-order valence-corrected chi connectivity index (χ1v) is 9.17. The van der Waals surface area contributed by atoms with Gasteiger partial charge in [0.15, 0.2) is 0 Å². The van der Waals surface area contributed by atoms with Crippen LogP contribution in [0.3, 0.4) is 0 Å².